The van der Waals surface area contributed by atoms with E-state index in [1.54, 1.807) is 12.1 Å². The summed E-state index contributed by atoms with van der Waals surface area (Å²) in [5.41, 5.74) is 2.51. The fourth-order valence-corrected chi connectivity index (χ4v) is 1.95. The monoisotopic (exact) mass is 331 g/mol. The van der Waals surface area contributed by atoms with E-state index in [0.29, 0.717) is 4.47 Å². The molecule has 18 heavy (non-hydrogen) atoms. The average Bonchev–Trinajstić information content (AvgIpc) is 2.61. The summed E-state index contributed by atoms with van der Waals surface area (Å²) in [6.07, 6.45) is 0. The molecule has 0 radical (unpaired) electrons. The number of halogens is 2. The smallest absolute Gasteiger partial charge is 0.275 e. The second-order valence-corrected chi connectivity index (χ2v) is 4.83. The van der Waals surface area contributed by atoms with E-state index < -0.39 is 17.8 Å². The van der Waals surface area contributed by atoms with Gasteiger partial charge in [0.25, 0.3) is 5.91 Å². The Labute approximate surface area is 115 Å². The summed E-state index contributed by atoms with van der Waals surface area (Å²) in [4.78, 5) is 34.1. The Morgan fingerprint density at radius 3 is 2.78 bits per heavy atom. The first kappa shape index (κ1) is 12.8. The number of carbonyl (C=O) groups is 3. The van der Waals surface area contributed by atoms with Gasteiger partial charge < -0.3 is 0 Å². The normalized spacial score (nSPS) is 14.7. The van der Waals surface area contributed by atoms with E-state index in [-0.39, 0.29) is 17.1 Å². The Bertz CT molecular complexity index is 549. The lowest BCUT2D eigenvalue weighted by atomic mass is 10.2. The van der Waals surface area contributed by atoms with E-state index in [2.05, 4.69) is 21.4 Å². The highest BCUT2D eigenvalue weighted by atomic mass is 79.9. The minimum absolute atomic E-state index is 0.207. The molecular formula is C10H7BrClN3O3. The summed E-state index contributed by atoms with van der Waals surface area (Å²) in [5.74, 6) is -1.04. The highest BCUT2D eigenvalue weighted by Gasteiger charge is 2.28. The number of rotatable bonds is 2. The molecule has 0 atom stereocenters. The Morgan fingerprint density at radius 1 is 1.44 bits per heavy atom. The Morgan fingerprint density at radius 2 is 2.17 bits per heavy atom. The van der Waals surface area contributed by atoms with Crippen molar-refractivity contribution >= 4 is 45.4 Å². The van der Waals surface area contributed by atoms with E-state index in [9.17, 15) is 14.4 Å². The number of benzene rings is 1. The summed E-state index contributed by atoms with van der Waals surface area (Å²) < 4.78 is 0.680. The van der Waals surface area contributed by atoms with E-state index in [1.165, 1.54) is 6.07 Å². The molecule has 8 heteroatoms. The van der Waals surface area contributed by atoms with Gasteiger partial charge in [-0.2, -0.15) is 0 Å². The molecule has 6 nitrogen and oxygen atoms in total. The molecule has 1 aromatic carbocycles. The first-order chi connectivity index (χ1) is 8.47. The van der Waals surface area contributed by atoms with E-state index in [1.807, 2.05) is 5.32 Å². The molecular weight excluding hydrogens is 325 g/mol. The third-order valence-electron chi connectivity index (χ3n) is 2.20. The van der Waals surface area contributed by atoms with Crippen molar-refractivity contribution in [2.75, 3.05) is 6.54 Å². The van der Waals surface area contributed by atoms with Crippen LogP contribution in [0, 0.1) is 0 Å². The highest BCUT2D eigenvalue weighted by Crippen LogP contribution is 2.21. The van der Waals surface area contributed by atoms with Gasteiger partial charge in [-0.05, 0) is 18.2 Å². The van der Waals surface area contributed by atoms with E-state index in [0.717, 1.165) is 5.01 Å². The van der Waals surface area contributed by atoms with Crippen LogP contribution in [0.25, 0.3) is 0 Å². The molecule has 1 aromatic rings. The van der Waals surface area contributed by atoms with Gasteiger partial charge in [0.1, 0.15) is 6.54 Å². The van der Waals surface area contributed by atoms with Crippen LogP contribution in [0.5, 0.6) is 0 Å². The number of nitrogens with one attached hydrogen (secondary N) is 2. The fraction of sp³-hybridized carbons (Fsp3) is 0.100. The molecule has 1 fully saturated rings. The Hall–Kier alpha value is -1.60. The maximum Gasteiger partial charge on any atom is 0.343 e. The maximum atomic E-state index is 11.9. The zero-order chi connectivity index (χ0) is 13.3. The highest BCUT2D eigenvalue weighted by molar-refractivity contribution is 9.10. The van der Waals surface area contributed by atoms with Gasteiger partial charge >= 0.3 is 6.03 Å². The maximum absolute atomic E-state index is 11.9. The fourth-order valence-electron chi connectivity index (χ4n) is 1.39. The van der Waals surface area contributed by atoms with Gasteiger partial charge in [0.2, 0.25) is 5.91 Å². The number of hydrazine groups is 1. The number of hydrogen-bond donors (Lipinski definition) is 2. The van der Waals surface area contributed by atoms with Crippen LogP contribution in [0.4, 0.5) is 4.79 Å². The summed E-state index contributed by atoms with van der Waals surface area (Å²) in [6.45, 7) is -0.212. The zero-order valence-electron chi connectivity index (χ0n) is 8.87. The Balaban J connectivity index is 2.15. The molecule has 0 aromatic heterocycles. The van der Waals surface area contributed by atoms with Crippen LogP contribution in [0.15, 0.2) is 22.7 Å². The van der Waals surface area contributed by atoms with Crippen LogP contribution in [0.3, 0.4) is 0 Å². The lowest BCUT2D eigenvalue weighted by Crippen LogP contribution is -2.44. The van der Waals surface area contributed by atoms with Crippen molar-refractivity contribution < 1.29 is 14.4 Å². The molecule has 0 aliphatic carbocycles. The van der Waals surface area contributed by atoms with Crippen LogP contribution >= 0.6 is 27.5 Å². The standard InChI is InChI=1S/C10H7BrClN3O3/c11-5-1-2-7(12)6(3-5)9(17)14-15-4-8(16)13-10(15)18/h1-3H,4H2,(H,14,17)(H,13,16,18). The minimum Gasteiger partial charge on any atom is -0.275 e. The molecule has 1 aliphatic rings. The minimum atomic E-state index is -0.667. The lowest BCUT2D eigenvalue weighted by Gasteiger charge is -2.15. The first-order valence-corrected chi connectivity index (χ1v) is 6.02. The topological polar surface area (TPSA) is 78.5 Å². The summed E-state index contributed by atoms with van der Waals surface area (Å²) in [5, 5.41) is 3.18. The van der Waals surface area contributed by atoms with Crippen molar-refractivity contribution in [2.24, 2.45) is 0 Å². The van der Waals surface area contributed by atoms with Gasteiger partial charge in [-0.3, -0.25) is 20.3 Å². The van der Waals surface area contributed by atoms with Crippen molar-refractivity contribution in [3.8, 4) is 0 Å². The summed E-state index contributed by atoms with van der Waals surface area (Å²) in [7, 11) is 0. The summed E-state index contributed by atoms with van der Waals surface area (Å²) in [6, 6.07) is 4.09. The molecule has 0 spiro atoms. The van der Waals surface area contributed by atoms with Crippen molar-refractivity contribution in [2.45, 2.75) is 0 Å². The number of imide groups is 1. The number of urea groups is 1. The first-order valence-electron chi connectivity index (χ1n) is 4.85. The second kappa shape index (κ2) is 4.95. The van der Waals surface area contributed by atoms with Gasteiger partial charge in [0.05, 0.1) is 10.6 Å². The third-order valence-corrected chi connectivity index (χ3v) is 3.03. The lowest BCUT2D eigenvalue weighted by molar-refractivity contribution is -0.118. The van der Waals surface area contributed by atoms with Crippen LogP contribution in [0.1, 0.15) is 10.4 Å². The van der Waals surface area contributed by atoms with Crippen LogP contribution < -0.4 is 10.7 Å². The van der Waals surface area contributed by atoms with Crippen molar-refractivity contribution in [1.82, 2.24) is 15.8 Å². The predicted octanol–water partition coefficient (Wildman–Crippen LogP) is 1.30. The quantitative estimate of drug-likeness (QED) is 0.801. The largest absolute Gasteiger partial charge is 0.343 e. The molecule has 2 N–H and O–H groups in total. The molecule has 94 valence electrons. The van der Waals surface area contributed by atoms with Gasteiger partial charge in [-0.15, -0.1) is 0 Å². The molecule has 1 aliphatic heterocycles. The molecule has 2 rings (SSSR count). The van der Waals surface area contributed by atoms with Gasteiger partial charge in [0, 0.05) is 4.47 Å². The Kier molecular flexibility index (Phi) is 3.53. The third kappa shape index (κ3) is 2.62. The average molecular weight is 333 g/mol. The van der Waals surface area contributed by atoms with Crippen molar-refractivity contribution in [1.29, 1.82) is 0 Å². The molecule has 0 bridgehead atoms. The van der Waals surface area contributed by atoms with Gasteiger partial charge in [-0.1, -0.05) is 27.5 Å². The van der Waals surface area contributed by atoms with Gasteiger partial charge in [0.15, 0.2) is 0 Å². The SMILES string of the molecule is O=C1CN(NC(=O)c2cc(Br)ccc2Cl)C(=O)N1. The molecule has 0 saturated carbocycles. The van der Waals surface area contributed by atoms with E-state index >= 15 is 0 Å². The molecule has 0 unspecified atom stereocenters. The number of carbonyl (C=O) groups excluding carboxylic acids is 3. The van der Waals surface area contributed by atoms with Crippen molar-refractivity contribution in [3.05, 3.63) is 33.3 Å². The van der Waals surface area contributed by atoms with E-state index in [4.69, 9.17) is 11.6 Å². The molecule has 1 saturated heterocycles. The predicted molar refractivity (Wildman–Crippen MR) is 66.9 cm³/mol. The van der Waals surface area contributed by atoms with Gasteiger partial charge in [-0.25, -0.2) is 9.80 Å². The number of amides is 4. The summed E-state index contributed by atoms with van der Waals surface area (Å²) >= 11 is 9.09. The van der Waals surface area contributed by atoms with Crippen molar-refractivity contribution in [3.63, 3.8) is 0 Å². The van der Waals surface area contributed by atoms with Crippen LogP contribution in [-0.4, -0.2) is 29.4 Å². The number of nitrogens with zero attached hydrogens (tertiary/aromatic N) is 1. The molecule has 1 heterocycles. The zero-order valence-corrected chi connectivity index (χ0v) is 11.2. The second-order valence-electron chi connectivity index (χ2n) is 3.50. The number of hydrogen-bond acceptors (Lipinski definition) is 3. The molecule has 4 amide bonds. The van der Waals surface area contributed by atoms with Crippen LogP contribution in [-0.2, 0) is 4.79 Å². The van der Waals surface area contributed by atoms with Crippen LogP contribution in [0.2, 0.25) is 5.02 Å².